The van der Waals surface area contributed by atoms with E-state index in [0.29, 0.717) is 17.0 Å². The molecule has 1 rings (SSSR count). The van der Waals surface area contributed by atoms with E-state index in [4.69, 9.17) is 0 Å². The summed E-state index contributed by atoms with van der Waals surface area (Å²) < 4.78 is 13.7. The van der Waals surface area contributed by atoms with Crippen LogP contribution in [0.2, 0.25) is 0 Å². The van der Waals surface area contributed by atoms with E-state index < -0.39 is 6.10 Å². The van der Waals surface area contributed by atoms with Crippen LogP contribution < -0.4 is 4.90 Å². The molecule has 0 bridgehead atoms. The first-order valence-electron chi connectivity index (χ1n) is 7.13. The van der Waals surface area contributed by atoms with Crippen LogP contribution in [0.4, 0.5) is 10.1 Å². The monoisotopic (exact) mass is 267 g/mol. The Morgan fingerprint density at radius 2 is 1.89 bits per heavy atom. The summed E-state index contributed by atoms with van der Waals surface area (Å²) in [6.45, 7) is 11.7. The quantitative estimate of drug-likeness (QED) is 0.840. The van der Waals surface area contributed by atoms with Gasteiger partial charge in [-0.05, 0) is 44.4 Å². The Morgan fingerprint density at radius 1 is 1.26 bits per heavy atom. The van der Waals surface area contributed by atoms with Crippen LogP contribution in [0.1, 0.15) is 51.3 Å². The molecule has 108 valence electrons. The predicted molar refractivity (Wildman–Crippen MR) is 79.1 cm³/mol. The molecule has 0 aliphatic carbocycles. The molecule has 0 saturated carbocycles. The van der Waals surface area contributed by atoms with Gasteiger partial charge in [0.1, 0.15) is 5.82 Å². The Morgan fingerprint density at radius 3 is 2.37 bits per heavy atom. The SMILES string of the molecule is CCC(C)CN(CC)c1cc(C)c(F)cc1C(C)O. The Hall–Kier alpha value is -1.09. The molecule has 2 nitrogen and oxygen atoms in total. The zero-order valence-corrected chi connectivity index (χ0v) is 12.7. The largest absolute Gasteiger partial charge is 0.389 e. The normalized spacial score (nSPS) is 14.3. The van der Waals surface area contributed by atoms with Crippen molar-refractivity contribution in [3.05, 3.63) is 29.1 Å². The molecule has 3 heteroatoms. The molecule has 2 atom stereocenters. The number of benzene rings is 1. The number of halogens is 1. The van der Waals surface area contributed by atoms with Crippen molar-refractivity contribution in [3.63, 3.8) is 0 Å². The molecular weight excluding hydrogens is 241 g/mol. The van der Waals surface area contributed by atoms with Crippen molar-refractivity contribution in [2.24, 2.45) is 5.92 Å². The summed E-state index contributed by atoms with van der Waals surface area (Å²) >= 11 is 0. The van der Waals surface area contributed by atoms with Crippen LogP contribution in [0.3, 0.4) is 0 Å². The average molecular weight is 267 g/mol. The zero-order chi connectivity index (χ0) is 14.6. The summed E-state index contributed by atoms with van der Waals surface area (Å²) in [6.07, 6.45) is 0.455. The average Bonchev–Trinajstić information content (AvgIpc) is 2.38. The molecule has 0 radical (unpaired) electrons. The summed E-state index contributed by atoms with van der Waals surface area (Å²) in [6, 6.07) is 3.32. The van der Waals surface area contributed by atoms with Crippen LogP contribution in [0.5, 0.6) is 0 Å². The van der Waals surface area contributed by atoms with Gasteiger partial charge in [0, 0.05) is 24.3 Å². The Labute approximate surface area is 116 Å². The third-order valence-electron chi connectivity index (χ3n) is 3.71. The van der Waals surface area contributed by atoms with E-state index in [1.54, 1.807) is 13.8 Å². The maximum Gasteiger partial charge on any atom is 0.126 e. The second kappa shape index (κ2) is 6.90. The summed E-state index contributed by atoms with van der Waals surface area (Å²) in [4.78, 5) is 2.22. The van der Waals surface area contributed by atoms with Crippen molar-refractivity contribution in [2.45, 2.75) is 47.1 Å². The van der Waals surface area contributed by atoms with Crippen molar-refractivity contribution < 1.29 is 9.50 Å². The molecule has 19 heavy (non-hydrogen) atoms. The summed E-state index contributed by atoms with van der Waals surface area (Å²) in [7, 11) is 0. The number of aliphatic hydroxyl groups is 1. The van der Waals surface area contributed by atoms with E-state index in [-0.39, 0.29) is 5.82 Å². The zero-order valence-electron chi connectivity index (χ0n) is 12.7. The number of hydrogen-bond acceptors (Lipinski definition) is 2. The summed E-state index contributed by atoms with van der Waals surface area (Å²) in [5.74, 6) is 0.325. The lowest BCUT2D eigenvalue weighted by Crippen LogP contribution is -2.29. The number of hydrogen-bond donors (Lipinski definition) is 1. The molecular formula is C16H26FNO. The van der Waals surface area contributed by atoms with Gasteiger partial charge in [0.25, 0.3) is 0 Å². The highest BCUT2D eigenvalue weighted by Gasteiger charge is 2.17. The number of rotatable bonds is 6. The van der Waals surface area contributed by atoms with E-state index in [2.05, 4.69) is 25.7 Å². The van der Waals surface area contributed by atoms with Gasteiger partial charge in [0.15, 0.2) is 0 Å². The molecule has 1 aromatic rings. The van der Waals surface area contributed by atoms with E-state index in [1.165, 1.54) is 6.07 Å². The van der Waals surface area contributed by atoms with Gasteiger partial charge >= 0.3 is 0 Å². The molecule has 1 N–H and O–H groups in total. The van der Waals surface area contributed by atoms with Crippen molar-refractivity contribution in [1.82, 2.24) is 0 Å². The van der Waals surface area contributed by atoms with Crippen molar-refractivity contribution >= 4 is 5.69 Å². The Balaban J connectivity index is 3.17. The highest BCUT2D eigenvalue weighted by Crippen LogP contribution is 2.30. The third kappa shape index (κ3) is 3.93. The van der Waals surface area contributed by atoms with Gasteiger partial charge in [-0.3, -0.25) is 0 Å². The molecule has 2 unspecified atom stereocenters. The lowest BCUT2D eigenvalue weighted by molar-refractivity contribution is 0.199. The predicted octanol–water partition coefficient (Wildman–Crippen LogP) is 4.06. The number of aliphatic hydroxyl groups excluding tert-OH is 1. The third-order valence-corrected chi connectivity index (χ3v) is 3.71. The van der Waals surface area contributed by atoms with Gasteiger partial charge in [-0.1, -0.05) is 20.3 Å². The van der Waals surface area contributed by atoms with Crippen LogP contribution in [0.25, 0.3) is 0 Å². The van der Waals surface area contributed by atoms with E-state index in [1.807, 2.05) is 6.07 Å². The van der Waals surface area contributed by atoms with Gasteiger partial charge < -0.3 is 10.0 Å². The summed E-state index contributed by atoms with van der Waals surface area (Å²) in [5.41, 5.74) is 2.26. The molecule has 0 aliphatic heterocycles. The van der Waals surface area contributed by atoms with Crippen molar-refractivity contribution in [1.29, 1.82) is 0 Å². The first-order valence-corrected chi connectivity index (χ1v) is 7.13. The second-order valence-corrected chi connectivity index (χ2v) is 5.39. The maximum absolute atomic E-state index is 13.7. The molecule has 0 spiro atoms. The molecule has 0 amide bonds. The Bertz CT molecular complexity index is 417. The minimum atomic E-state index is -0.656. The van der Waals surface area contributed by atoms with Crippen LogP contribution >= 0.6 is 0 Å². The van der Waals surface area contributed by atoms with Gasteiger partial charge in [0.05, 0.1) is 6.10 Å². The molecule has 0 aliphatic rings. The fourth-order valence-electron chi connectivity index (χ4n) is 2.19. The van der Waals surface area contributed by atoms with Gasteiger partial charge in [-0.2, -0.15) is 0 Å². The molecule has 0 heterocycles. The summed E-state index contributed by atoms with van der Waals surface area (Å²) in [5, 5.41) is 9.86. The maximum atomic E-state index is 13.7. The minimum absolute atomic E-state index is 0.251. The van der Waals surface area contributed by atoms with E-state index in [0.717, 1.165) is 25.2 Å². The molecule has 0 fully saturated rings. The van der Waals surface area contributed by atoms with Crippen LogP contribution in [-0.2, 0) is 0 Å². The van der Waals surface area contributed by atoms with Crippen LogP contribution in [0, 0.1) is 18.7 Å². The molecule has 1 aromatic carbocycles. The highest BCUT2D eigenvalue weighted by atomic mass is 19.1. The van der Waals surface area contributed by atoms with E-state index >= 15 is 0 Å². The number of aryl methyl sites for hydroxylation is 1. The fourth-order valence-corrected chi connectivity index (χ4v) is 2.19. The topological polar surface area (TPSA) is 23.5 Å². The first kappa shape index (κ1) is 16.0. The Kier molecular flexibility index (Phi) is 5.80. The van der Waals surface area contributed by atoms with Crippen molar-refractivity contribution in [2.75, 3.05) is 18.0 Å². The first-order chi connectivity index (χ1) is 8.90. The number of nitrogens with zero attached hydrogens (tertiary/aromatic N) is 1. The van der Waals surface area contributed by atoms with Gasteiger partial charge in [-0.25, -0.2) is 4.39 Å². The molecule has 0 aromatic heterocycles. The number of anilines is 1. The smallest absolute Gasteiger partial charge is 0.126 e. The lowest BCUT2D eigenvalue weighted by atomic mass is 10.0. The highest BCUT2D eigenvalue weighted by molar-refractivity contribution is 5.56. The molecule has 0 saturated heterocycles. The van der Waals surface area contributed by atoms with Crippen LogP contribution in [-0.4, -0.2) is 18.2 Å². The minimum Gasteiger partial charge on any atom is -0.389 e. The fraction of sp³-hybridized carbons (Fsp3) is 0.625. The van der Waals surface area contributed by atoms with Crippen molar-refractivity contribution in [3.8, 4) is 0 Å². The lowest BCUT2D eigenvalue weighted by Gasteiger charge is -2.29. The van der Waals surface area contributed by atoms with Gasteiger partial charge in [0.2, 0.25) is 0 Å². The van der Waals surface area contributed by atoms with Gasteiger partial charge in [-0.15, -0.1) is 0 Å². The van der Waals surface area contributed by atoms with Crippen LogP contribution in [0.15, 0.2) is 12.1 Å². The second-order valence-electron chi connectivity index (χ2n) is 5.39. The standard InChI is InChI=1S/C16H26FNO/c1-6-11(3)10-18(7-2)16-8-12(4)15(17)9-14(16)13(5)19/h8-9,11,13,19H,6-7,10H2,1-5H3. The van der Waals surface area contributed by atoms with E-state index in [9.17, 15) is 9.50 Å².